The second-order valence-corrected chi connectivity index (χ2v) is 22.8. The third kappa shape index (κ3) is 24.5. The quantitative estimate of drug-likeness (QED) is 0.0232. The van der Waals surface area contributed by atoms with Gasteiger partial charge < -0.3 is 60.7 Å². The van der Waals surface area contributed by atoms with Crippen molar-refractivity contribution in [1.29, 1.82) is 0 Å². The molecule has 0 saturated carbocycles. The number of aliphatic hydroxyl groups excluding tert-OH is 3. The number of hydrogen-bond acceptors (Lipinski definition) is 15. The van der Waals surface area contributed by atoms with E-state index in [2.05, 4.69) is 60.6 Å². The zero-order chi connectivity index (χ0) is 66.7. The number of Topliss-reactive ketones (excluding diaryl/α,β-unsaturated/α-hetero) is 2. The van der Waals surface area contributed by atoms with Crippen molar-refractivity contribution in [3.63, 3.8) is 0 Å². The van der Waals surface area contributed by atoms with Gasteiger partial charge in [-0.1, -0.05) is 100 Å². The molecule has 10 rings (SSSR count). The van der Waals surface area contributed by atoms with Crippen molar-refractivity contribution in [1.82, 2.24) is 30.2 Å². The monoisotopic (exact) mass is 1440 g/mol. The van der Waals surface area contributed by atoms with Crippen LogP contribution < -0.4 is 39.2 Å². The Morgan fingerprint density at radius 1 is 0.559 bits per heavy atom. The number of halogens is 4. The van der Waals surface area contributed by atoms with E-state index in [0.717, 1.165) is 105 Å². The van der Waals surface area contributed by atoms with Gasteiger partial charge in [0, 0.05) is 46.4 Å². The molecule has 93 heavy (non-hydrogen) atoms. The summed E-state index contributed by atoms with van der Waals surface area (Å²) < 4.78 is 16.8. The SMILES string of the molecule is C.CC(=O)c1cc2cc(C)cc(C)c2[nH]c1=O.CC(=O)c1cc2cc(C)cc(C)c2nc1Cl.Cc1cc(C)c2[nH]c(=O)c(C(C)NCCO)cc2c1.Cc1cc(C)c2nc(Cl)c(C(C)O)cc2c1.Cc1cc(C)c2nc(Cl)c(C=O)cc2c1.NCCO.[Br-].[CH3-].[Mg+2].[O]=[Mn]=[O]. The zero-order valence-corrected chi connectivity index (χ0v) is 60.9. The maximum absolute atomic E-state index is 12.1. The topological polar surface area (TPSA) is 288 Å². The molecule has 5 heterocycles. The number of carbonyl (C=O) groups excluding carboxylic acids is 3. The Balaban J connectivity index is 0.00000110. The van der Waals surface area contributed by atoms with Crippen LogP contribution in [0.1, 0.15) is 145 Å². The van der Waals surface area contributed by atoms with Crippen LogP contribution >= 0.6 is 34.8 Å². The Hall–Kier alpha value is -6.20. The van der Waals surface area contributed by atoms with E-state index >= 15 is 0 Å². The summed E-state index contributed by atoms with van der Waals surface area (Å²) in [6, 6.07) is 29.4. The van der Waals surface area contributed by atoms with Crippen LogP contribution in [0.4, 0.5) is 0 Å². The summed E-state index contributed by atoms with van der Waals surface area (Å²) in [6.07, 6.45) is 0.136. The molecule has 0 fully saturated rings. The molecule has 0 saturated heterocycles. The van der Waals surface area contributed by atoms with Gasteiger partial charge in [-0.05, 0) is 196 Å². The van der Waals surface area contributed by atoms with Gasteiger partial charge >= 0.3 is 45.5 Å². The van der Waals surface area contributed by atoms with Gasteiger partial charge in [0.05, 0.1) is 63.6 Å². The van der Waals surface area contributed by atoms with Gasteiger partial charge in [0.2, 0.25) is 0 Å². The van der Waals surface area contributed by atoms with E-state index in [9.17, 15) is 29.1 Å². The van der Waals surface area contributed by atoms with E-state index in [-0.39, 0.29) is 113 Å². The number of fused-ring (bicyclic) bond motifs is 5. The number of pyridine rings is 5. The van der Waals surface area contributed by atoms with Gasteiger partial charge in [-0.2, -0.15) is 0 Å². The summed E-state index contributed by atoms with van der Waals surface area (Å²) in [5, 5.41) is 35.1. The van der Waals surface area contributed by atoms with E-state index in [1.54, 1.807) is 19.1 Å². The van der Waals surface area contributed by atoms with Gasteiger partial charge in [-0.15, -0.1) is 0 Å². The molecular formula is C70H83BrCl3MgMnN7O10. The first-order valence-electron chi connectivity index (χ1n) is 28.1. The van der Waals surface area contributed by atoms with Crippen molar-refractivity contribution in [2.24, 2.45) is 5.73 Å². The molecule has 0 bridgehead atoms. The molecule has 8 N–H and O–H groups in total. The van der Waals surface area contributed by atoms with E-state index in [4.69, 9.17) is 58.4 Å². The van der Waals surface area contributed by atoms with Crippen molar-refractivity contribution in [3.05, 3.63) is 218 Å². The second kappa shape index (κ2) is 40.9. The molecule has 0 amide bonds. The average Bonchev–Trinajstić information content (AvgIpc) is 0.849. The molecule has 495 valence electrons. The number of aromatic nitrogens is 5. The van der Waals surface area contributed by atoms with Crippen LogP contribution in [0.2, 0.25) is 15.5 Å². The molecular weight excluding hydrogens is 1360 g/mol. The molecule has 5 aromatic heterocycles. The number of nitrogens with one attached hydrogen (secondary N) is 3. The molecule has 0 aliphatic carbocycles. The molecule has 0 aliphatic heterocycles. The van der Waals surface area contributed by atoms with E-state index in [1.807, 2.05) is 125 Å². The summed E-state index contributed by atoms with van der Waals surface area (Å²) in [5.74, 6) is -0.263. The third-order valence-corrected chi connectivity index (χ3v) is 14.7. The number of aromatic amines is 2. The van der Waals surface area contributed by atoms with Gasteiger partial charge in [0.25, 0.3) is 11.1 Å². The van der Waals surface area contributed by atoms with Crippen LogP contribution in [0.3, 0.4) is 0 Å². The number of aldehydes is 1. The minimum absolute atomic E-state index is 0. The van der Waals surface area contributed by atoms with Crippen LogP contribution in [0.5, 0.6) is 0 Å². The van der Waals surface area contributed by atoms with E-state index in [0.29, 0.717) is 40.5 Å². The van der Waals surface area contributed by atoms with Crippen molar-refractivity contribution in [2.75, 3.05) is 26.3 Å². The fraction of sp³-hybridized carbons (Fsp3) is 0.300. The molecule has 10 aromatic rings. The predicted octanol–water partition coefficient (Wildman–Crippen LogP) is 11.1. The Bertz CT molecular complexity index is 4410. The Morgan fingerprint density at radius 2 is 0.903 bits per heavy atom. The standard InChI is InChI=1S/C15H20N2O2.C13H14ClNO.C13H12ClNO.C13H13NO2.C12H10ClNO.C2H7NO.CH4.CH3.BrH.Mg.Mn.2O/c1-9-6-10(2)14-12(7-9)8-13(15(19)17-14)11(3)16-4-5-18;2*1-7-4-8(2)12-10(5-7)6-11(9(3)16)13(14)15-12;1-7-4-8(2)12-10(5-7)6-11(9(3)15)13(16)14-12;1-7-3-8(2)11-9(4-7)5-10(6-15)12(13)14-11;3-1-2-4;;;;;;;/h6-8,11,16,18H,4-5H2,1-3H3,(H,17,19);4-6,9,16H,1-3H3;4-6H,1-3H3;4-6H,1-3H3,(H,14,16);3-6H,1-2H3;4H,1-3H2;1H4;1H3;1H;;;;/q;;;;;;;-1;;+2;;;/p-1. The fourth-order valence-electron chi connectivity index (χ4n) is 9.91. The number of ketones is 2. The van der Waals surface area contributed by atoms with Gasteiger partial charge in [-0.25, -0.2) is 15.0 Å². The summed E-state index contributed by atoms with van der Waals surface area (Å²) in [6.45, 7) is 27.6. The van der Waals surface area contributed by atoms with Crippen LogP contribution in [-0.4, -0.2) is 107 Å². The number of nitrogens with two attached hydrogens (primary N) is 1. The van der Waals surface area contributed by atoms with Crippen LogP contribution in [0, 0.1) is 76.7 Å². The summed E-state index contributed by atoms with van der Waals surface area (Å²) in [5.41, 5.74) is 22.4. The molecule has 23 heteroatoms. The molecule has 0 radical (unpaired) electrons. The number of hydrogen-bond donors (Lipinski definition) is 7. The Morgan fingerprint density at radius 3 is 1.30 bits per heavy atom. The molecule has 0 spiro atoms. The van der Waals surface area contributed by atoms with E-state index < -0.39 is 20.9 Å². The average molecular weight is 1450 g/mol. The Labute approximate surface area is 591 Å². The van der Waals surface area contributed by atoms with Crippen LogP contribution in [0.15, 0.2) is 101 Å². The molecule has 17 nitrogen and oxygen atoms in total. The van der Waals surface area contributed by atoms with Crippen molar-refractivity contribution in [2.45, 2.75) is 117 Å². The fourth-order valence-corrected chi connectivity index (χ4v) is 10.7. The maximum atomic E-state index is 12.1. The molecule has 2 atom stereocenters. The third-order valence-electron chi connectivity index (χ3n) is 13.8. The predicted molar refractivity (Wildman–Crippen MR) is 373 cm³/mol. The number of H-pyrrole nitrogens is 2. The molecule has 2 unspecified atom stereocenters. The first-order chi connectivity index (χ1) is 41.9. The summed E-state index contributed by atoms with van der Waals surface area (Å²) >= 11 is 16.5. The molecule has 0 aliphatic rings. The number of benzene rings is 5. The van der Waals surface area contributed by atoms with Crippen molar-refractivity contribution in [3.8, 4) is 0 Å². The van der Waals surface area contributed by atoms with E-state index in [1.165, 1.54) is 25.0 Å². The van der Waals surface area contributed by atoms with Crippen LogP contribution in [-0.2, 0) is 22.5 Å². The van der Waals surface area contributed by atoms with Crippen LogP contribution in [0.25, 0.3) is 54.5 Å². The Kier molecular flexibility index (Phi) is 38.2. The number of aryl methyl sites for hydroxylation is 10. The number of carbonyl (C=O) groups is 3. The summed E-state index contributed by atoms with van der Waals surface area (Å²) in [7, 11) is 0. The molecule has 5 aromatic carbocycles. The summed E-state index contributed by atoms with van der Waals surface area (Å²) in [4.78, 5) is 75.6. The van der Waals surface area contributed by atoms with Gasteiger partial charge in [-0.3, -0.25) is 24.0 Å². The van der Waals surface area contributed by atoms with Gasteiger partial charge in [0.15, 0.2) is 17.9 Å². The zero-order valence-electron chi connectivity index (χ0n) is 54.4. The minimum atomic E-state index is -1.44. The first-order valence-corrected chi connectivity index (χ1v) is 30.2. The number of nitrogens with zero attached hydrogens (tertiary/aromatic N) is 3. The number of aliphatic hydroxyl groups is 3. The van der Waals surface area contributed by atoms with Crippen molar-refractivity contribution >= 4 is 130 Å². The number of rotatable bonds is 9. The van der Waals surface area contributed by atoms with Crippen molar-refractivity contribution < 1.29 is 69.2 Å². The van der Waals surface area contributed by atoms with Gasteiger partial charge in [0.1, 0.15) is 15.5 Å². The second-order valence-electron chi connectivity index (χ2n) is 21.6. The first kappa shape index (κ1) is 86.8. The normalized spacial score (nSPS) is 10.7.